The summed E-state index contributed by atoms with van der Waals surface area (Å²) in [4.78, 5) is 31.2. The minimum absolute atomic E-state index is 0.109. The van der Waals surface area contributed by atoms with Gasteiger partial charge in [-0.2, -0.15) is 0 Å². The fraction of sp³-hybridized carbons (Fsp3) is 0.353. The van der Waals surface area contributed by atoms with Crippen molar-refractivity contribution in [1.29, 1.82) is 0 Å². The molecule has 2 aromatic rings. The van der Waals surface area contributed by atoms with E-state index in [9.17, 15) is 9.59 Å². The number of amides is 1. The zero-order chi connectivity index (χ0) is 17.0. The number of nitrogens with zero attached hydrogens (tertiary/aromatic N) is 1. The predicted octanol–water partition coefficient (Wildman–Crippen LogP) is 2.99. The number of aromatic amines is 1. The second-order valence-corrected chi connectivity index (χ2v) is 6.36. The number of benzene rings is 1. The Morgan fingerprint density at radius 3 is 2.43 bits per heavy atom. The lowest BCUT2D eigenvalue weighted by atomic mass is 10.1. The van der Waals surface area contributed by atoms with Gasteiger partial charge in [-0.05, 0) is 56.7 Å². The second kappa shape index (κ2) is 7.46. The first-order valence-electron chi connectivity index (χ1n) is 7.41. The van der Waals surface area contributed by atoms with Crippen LogP contribution in [0.5, 0.6) is 0 Å². The predicted molar refractivity (Wildman–Crippen MR) is 94.2 cm³/mol. The number of hydrogen-bond acceptors (Lipinski definition) is 4. The number of H-pyrrole nitrogens is 1. The lowest BCUT2D eigenvalue weighted by Crippen LogP contribution is -2.20. The number of aryl methyl sites for hydroxylation is 3. The number of nitrogens with one attached hydrogen (secondary N) is 2. The smallest absolute Gasteiger partial charge is 0.254 e. The number of hydrogen-bond donors (Lipinski definition) is 2. The van der Waals surface area contributed by atoms with Gasteiger partial charge in [0.2, 0.25) is 5.91 Å². The summed E-state index contributed by atoms with van der Waals surface area (Å²) in [5.74, 6) is -0.109. The zero-order valence-electron chi connectivity index (χ0n) is 13.8. The lowest BCUT2D eigenvalue weighted by molar-refractivity contribution is -0.116. The highest BCUT2D eigenvalue weighted by atomic mass is 32.2. The maximum absolute atomic E-state index is 12.1. The van der Waals surface area contributed by atoms with Gasteiger partial charge in [-0.15, -0.1) is 0 Å². The second-order valence-electron chi connectivity index (χ2n) is 5.56. The Morgan fingerprint density at radius 2 is 1.87 bits per heavy atom. The number of carbonyl (C=O) groups is 1. The standard InChI is InChI=1S/C17H21N3O2S/c1-10-7-11(2)9-13(8-10)19-15(21)6-5-14-12(3)18-17(23-4)20-16(14)22/h7-9H,5-6H2,1-4H3,(H,19,21)(H,18,20,22). The van der Waals surface area contributed by atoms with Crippen LogP contribution in [-0.2, 0) is 11.2 Å². The molecule has 0 spiro atoms. The molecule has 0 saturated carbocycles. The van der Waals surface area contributed by atoms with Gasteiger partial charge in [0.15, 0.2) is 5.16 Å². The summed E-state index contributed by atoms with van der Waals surface area (Å²) in [6.07, 6.45) is 2.48. The average molecular weight is 331 g/mol. The summed E-state index contributed by atoms with van der Waals surface area (Å²) in [5.41, 5.74) is 4.07. The molecule has 0 bridgehead atoms. The van der Waals surface area contributed by atoms with Gasteiger partial charge in [0, 0.05) is 23.4 Å². The normalized spacial score (nSPS) is 10.6. The molecule has 0 aliphatic carbocycles. The van der Waals surface area contributed by atoms with Crippen molar-refractivity contribution in [3.8, 4) is 0 Å². The summed E-state index contributed by atoms with van der Waals surface area (Å²) in [7, 11) is 0. The van der Waals surface area contributed by atoms with Crippen molar-refractivity contribution in [2.75, 3.05) is 11.6 Å². The van der Waals surface area contributed by atoms with E-state index in [-0.39, 0.29) is 17.9 Å². The van der Waals surface area contributed by atoms with E-state index in [0.29, 0.717) is 22.8 Å². The van der Waals surface area contributed by atoms with Gasteiger partial charge in [-0.25, -0.2) is 4.98 Å². The molecule has 0 radical (unpaired) electrons. The molecule has 1 aromatic carbocycles. The Kier molecular flexibility index (Phi) is 5.60. The Hall–Kier alpha value is -2.08. The quantitative estimate of drug-likeness (QED) is 0.652. The average Bonchev–Trinajstić information content (AvgIpc) is 2.44. The van der Waals surface area contributed by atoms with Crippen LogP contribution in [0.1, 0.15) is 28.8 Å². The maximum atomic E-state index is 12.1. The molecule has 0 fully saturated rings. The molecule has 0 saturated heterocycles. The minimum atomic E-state index is -0.166. The van der Waals surface area contributed by atoms with E-state index in [1.807, 2.05) is 32.2 Å². The molecule has 122 valence electrons. The Labute approximate surface area is 139 Å². The highest BCUT2D eigenvalue weighted by Crippen LogP contribution is 2.15. The third-order valence-electron chi connectivity index (χ3n) is 3.50. The van der Waals surface area contributed by atoms with Gasteiger partial charge in [0.05, 0.1) is 0 Å². The molecule has 0 aliphatic rings. The van der Waals surface area contributed by atoms with Gasteiger partial charge in [0.25, 0.3) is 5.56 Å². The number of carbonyl (C=O) groups excluding carboxylic acids is 1. The summed E-state index contributed by atoms with van der Waals surface area (Å²) in [6.45, 7) is 5.78. The first kappa shape index (κ1) is 17.3. The van der Waals surface area contributed by atoms with Gasteiger partial charge < -0.3 is 10.3 Å². The Bertz CT molecular complexity index is 764. The van der Waals surface area contributed by atoms with Crippen LogP contribution in [0.2, 0.25) is 0 Å². The summed E-state index contributed by atoms with van der Waals surface area (Å²) in [6, 6.07) is 5.91. The fourth-order valence-electron chi connectivity index (χ4n) is 2.48. The molecule has 1 amide bonds. The number of aromatic nitrogens is 2. The van der Waals surface area contributed by atoms with Crippen molar-refractivity contribution in [2.45, 2.75) is 38.8 Å². The van der Waals surface area contributed by atoms with Crippen LogP contribution in [0.3, 0.4) is 0 Å². The van der Waals surface area contributed by atoms with Crippen LogP contribution in [0, 0.1) is 20.8 Å². The molecule has 1 heterocycles. The Balaban J connectivity index is 2.03. The zero-order valence-corrected chi connectivity index (χ0v) is 14.6. The van der Waals surface area contributed by atoms with Crippen molar-refractivity contribution in [1.82, 2.24) is 9.97 Å². The first-order chi connectivity index (χ1) is 10.9. The molecule has 2 rings (SSSR count). The highest BCUT2D eigenvalue weighted by molar-refractivity contribution is 7.98. The van der Waals surface area contributed by atoms with Crippen molar-refractivity contribution >= 4 is 23.4 Å². The molecule has 23 heavy (non-hydrogen) atoms. The van der Waals surface area contributed by atoms with E-state index >= 15 is 0 Å². The van der Waals surface area contributed by atoms with Crippen LogP contribution >= 0.6 is 11.8 Å². The van der Waals surface area contributed by atoms with Gasteiger partial charge >= 0.3 is 0 Å². The third kappa shape index (κ3) is 4.69. The summed E-state index contributed by atoms with van der Waals surface area (Å²) >= 11 is 1.39. The van der Waals surface area contributed by atoms with Crippen molar-refractivity contribution < 1.29 is 4.79 Å². The molecule has 0 atom stereocenters. The summed E-state index contributed by atoms with van der Waals surface area (Å²) < 4.78 is 0. The third-order valence-corrected chi connectivity index (χ3v) is 4.08. The van der Waals surface area contributed by atoms with Crippen molar-refractivity contribution in [3.05, 3.63) is 50.9 Å². The SMILES string of the molecule is CSc1nc(C)c(CCC(=O)Nc2cc(C)cc(C)c2)c(=O)[nH]1. The molecule has 5 nitrogen and oxygen atoms in total. The molecular weight excluding hydrogens is 310 g/mol. The number of rotatable bonds is 5. The van der Waals surface area contributed by atoms with E-state index in [2.05, 4.69) is 21.4 Å². The molecule has 6 heteroatoms. The van der Waals surface area contributed by atoms with Crippen LogP contribution in [0.25, 0.3) is 0 Å². The van der Waals surface area contributed by atoms with E-state index in [0.717, 1.165) is 16.8 Å². The van der Waals surface area contributed by atoms with Gasteiger partial charge in [0.1, 0.15) is 0 Å². The van der Waals surface area contributed by atoms with E-state index in [1.165, 1.54) is 11.8 Å². The van der Waals surface area contributed by atoms with Crippen molar-refractivity contribution in [2.24, 2.45) is 0 Å². The van der Waals surface area contributed by atoms with Crippen LogP contribution in [-0.4, -0.2) is 22.1 Å². The topological polar surface area (TPSA) is 74.8 Å². The molecular formula is C17H21N3O2S. The Morgan fingerprint density at radius 1 is 1.22 bits per heavy atom. The minimum Gasteiger partial charge on any atom is -0.326 e. The highest BCUT2D eigenvalue weighted by Gasteiger charge is 2.11. The first-order valence-corrected chi connectivity index (χ1v) is 8.63. The summed E-state index contributed by atoms with van der Waals surface area (Å²) in [5, 5.41) is 3.47. The molecule has 1 aromatic heterocycles. The van der Waals surface area contributed by atoms with Crippen LogP contribution in [0.15, 0.2) is 28.2 Å². The van der Waals surface area contributed by atoms with Gasteiger partial charge in [-0.3, -0.25) is 9.59 Å². The maximum Gasteiger partial charge on any atom is 0.254 e. The lowest BCUT2D eigenvalue weighted by Gasteiger charge is -2.08. The van der Waals surface area contributed by atoms with E-state index in [1.54, 1.807) is 6.92 Å². The largest absolute Gasteiger partial charge is 0.326 e. The fourth-order valence-corrected chi connectivity index (χ4v) is 2.91. The monoisotopic (exact) mass is 331 g/mol. The van der Waals surface area contributed by atoms with Crippen LogP contribution < -0.4 is 10.9 Å². The van der Waals surface area contributed by atoms with E-state index in [4.69, 9.17) is 0 Å². The molecule has 2 N–H and O–H groups in total. The van der Waals surface area contributed by atoms with Crippen LogP contribution in [0.4, 0.5) is 5.69 Å². The number of anilines is 1. The molecule has 0 aliphatic heterocycles. The van der Waals surface area contributed by atoms with Crippen molar-refractivity contribution in [3.63, 3.8) is 0 Å². The molecule has 0 unspecified atom stereocenters. The van der Waals surface area contributed by atoms with Gasteiger partial charge in [-0.1, -0.05) is 17.8 Å². The number of thioether (sulfide) groups is 1. The van der Waals surface area contributed by atoms with E-state index < -0.39 is 0 Å².